The molecule has 0 unspecified atom stereocenters. The van der Waals surface area contributed by atoms with Crippen LogP contribution < -0.4 is 10.6 Å². The van der Waals surface area contributed by atoms with Crippen LogP contribution in [0.15, 0.2) is 55.4 Å². The fraction of sp³-hybridized carbons (Fsp3) is 0.250. The second-order valence-corrected chi connectivity index (χ2v) is 5.62. The maximum atomic E-state index is 9.35. The summed E-state index contributed by atoms with van der Waals surface area (Å²) >= 11 is 0. The van der Waals surface area contributed by atoms with Gasteiger partial charge < -0.3 is 15.5 Å². The first-order chi connectivity index (χ1) is 11.3. The van der Waals surface area contributed by atoms with Gasteiger partial charge >= 0.3 is 0 Å². The van der Waals surface area contributed by atoms with Crippen LogP contribution in [0.5, 0.6) is 0 Å². The minimum atomic E-state index is 0.577. The van der Waals surface area contributed by atoms with Gasteiger partial charge in [0.2, 0.25) is 0 Å². The molecule has 0 amide bonds. The largest absolute Gasteiger partial charge is 0.389 e. The molecule has 0 aliphatic rings. The molecular weight excluding hydrogens is 296 g/mol. The van der Waals surface area contributed by atoms with E-state index in [0.29, 0.717) is 5.56 Å². The first-order valence-corrected chi connectivity index (χ1v) is 7.79. The van der Waals surface area contributed by atoms with Crippen molar-refractivity contribution in [2.45, 2.75) is 13.8 Å². The van der Waals surface area contributed by atoms with E-state index in [4.69, 9.17) is 0 Å². The summed E-state index contributed by atoms with van der Waals surface area (Å²) in [6, 6.07) is 5.90. The van der Waals surface area contributed by atoms with Crippen molar-refractivity contribution >= 4 is 11.4 Å². The first-order valence-electron chi connectivity index (χ1n) is 7.79. The molecule has 0 fully saturated rings. The number of hydrogen-bond donors (Lipinski definition) is 2. The van der Waals surface area contributed by atoms with Crippen LogP contribution in [0.1, 0.15) is 23.6 Å². The molecule has 0 heterocycles. The van der Waals surface area contributed by atoms with Gasteiger partial charge in [-0.05, 0) is 37.1 Å². The molecule has 0 aliphatic carbocycles. The number of nitrogens with zero attached hydrogens (tertiary/aromatic N) is 2. The molecule has 126 valence electrons. The number of benzene rings is 1. The van der Waals surface area contributed by atoms with Crippen LogP contribution in [-0.4, -0.2) is 25.5 Å². The van der Waals surface area contributed by atoms with E-state index in [-0.39, 0.29) is 0 Å². The van der Waals surface area contributed by atoms with Crippen molar-refractivity contribution in [3.63, 3.8) is 0 Å². The van der Waals surface area contributed by atoms with Gasteiger partial charge in [0, 0.05) is 43.8 Å². The molecule has 24 heavy (non-hydrogen) atoms. The Morgan fingerprint density at radius 1 is 1.33 bits per heavy atom. The SMILES string of the molecule is C=CC(=C)C(=CNCC)Nc1cc(C#N)cc(C(=C)N(C)C)c1C. The Balaban J connectivity index is 3.39. The normalized spacial score (nSPS) is 10.5. The molecule has 0 aliphatic heterocycles. The van der Waals surface area contributed by atoms with E-state index in [1.165, 1.54) is 0 Å². The van der Waals surface area contributed by atoms with Crippen molar-refractivity contribution < 1.29 is 0 Å². The highest BCUT2D eigenvalue weighted by Gasteiger charge is 2.13. The highest BCUT2D eigenvalue weighted by atomic mass is 15.1. The molecule has 0 aromatic heterocycles. The average molecular weight is 322 g/mol. The molecule has 0 saturated heterocycles. The first kappa shape index (κ1) is 19.1. The Labute approximate surface area is 145 Å². The molecule has 0 saturated carbocycles. The lowest BCUT2D eigenvalue weighted by molar-refractivity contribution is 0.593. The summed E-state index contributed by atoms with van der Waals surface area (Å²) in [6.07, 6.45) is 3.56. The topological polar surface area (TPSA) is 51.1 Å². The van der Waals surface area contributed by atoms with E-state index in [1.807, 2.05) is 51.2 Å². The van der Waals surface area contributed by atoms with Crippen LogP contribution in [0.3, 0.4) is 0 Å². The molecule has 1 aromatic carbocycles. The van der Waals surface area contributed by atoms with Gasteiger partial charge in [-0.1, -0.05) is 25.8 Å². The monoisotopic (exact) mass is 322 g/mol. The summed E-state index contributed by atoms with van der Waals surface area (Å²) in [7, 11) is 3.87. The number of nitriles is 1. The number of rotatable bonds is 8. The molecule has 1 aromatic rings. The summed E-state index contributed by atoms with van der Waals surface area (Å²) in [6.45, 7) is 16.7. The van der Waals surface area contributed by atoms with Crippen molar-refractivity contribution in [2.75, 3.05) is 26.0 Å². The van der Waals surface area contributed by atoms with Crippen molar-refractivity contribution in [3.8, 4) is 6.07 Å². The van der Waals surface area contributed by atoms with E-state index in [9.17, 15) is 5.26 Å². The minimum Gasteiger partial charge on any atom is -0.389 e. The fourth-order valence-corrected chi connectivity index (χ4v) is 2.12. The molecule has 0 radical (unpaired) electrons. The Bertz CT molecular complexity index is 718. The summed E-state index contributed by atoms with van der Waals surface area (Å²) in [5, 5.41) is 15.9. The molecule has 1 rings (SSSR count). The van der Waals surface area contributed by atoms with E-state index < -0.39 is 0 Å². The van der Waals surface area contributed by atoms with E-state index in [2.05, 4.69) is 36.4 Å². The van der Waals surface area contributed by atoms with Gasteiger partial charge in [0.25, 0.3) is 0 Å². The van der Waals surface area contributed by atoms with Crippen LogP contribution >= 0.6 is 0 Å². The smallest absolute Gasteiger partial charge is 0.0992 e. The number of hydrogen-bond acceptors (Lipinski definition) is 4. The van der Waals surface area contributed by atoms with Crippen molar-refractivity contribution in [3.05, 3.63) is 72.1 Å². The quantitative estimate of drug-likeness (QED) is 0.710. The van der Waals surface area contributed by atoms with Gasteiger partial charge in [0.05, 0.1) is 17.3 Å². The predicted molar refractivity (Wildman–Crippen MR) is 103 cm³/mol. The molecule has 2 N–H and O–H groups in total. The van der Waals surface area contributed by atoms with Gasteiger partial charge in [0.1, 0.15) is 0 Å². The second-order valence-electron chi connectivity index (χ2n) is 5.62. The zero-order valence-corrected chi connectivity index (χ0v) is 15.0. The zero-order chi connectivity index (χ0) is 18.3. The molecule has 4 heteroatoms. The van der Waals surface area contributed by atoms with Gasteiger partial charge in [-0.25, -0.2) is 0 Å². The van der Waals surface area contributed by atoms with Crippen LogP contribution in [-0.2, 0) is 0 Å². The van der Waals surface area contributed by atoms with Gasteiger partial charge in [-0.2, -0.15) is 5.26 Å². The Morgan fingerprint density at radius 2 is 2.00 bits per heavy atom. The molecule has 0 atom stereocenters. The lowest BCUT2D eigenvalue weighted by atomic mass is 10.00. The van der Waals surface area contributed by atoms with E-state index in [1.54, 1.807) is 6.08 Å². The summed E-state index contributed by atoms with van der Waals surface area (Å²) < 4.78 is 0. The second kappa shape index (κ2) is 8.64. The maximum absolute atomic E-state index is 9.35. The Kier molecular flexibility index (Phi) is 6.88. The third-order valence-corrected chi connectivity index (χ3v) is 3.70. The third-order valence-electron chi connectivity index (χ3n) is 3.70. The third kappa shape index (κ3) is 4.53. The summed E-state index contributed by atoms with van der Waals surface area (Å²) in [5.74, 6) is 0. The van der Waals surface area contributed by atoms with Crippen molar-refractivity contribution in [1.82, 2.24) is 10.2 Å². The predicted octanol–water partition coefficient (Wildman–Crippen LogP) is 4.00. The highest BCUT2D eigenvalue weighted by Crippen LogP contribution is 2.29. The highest BCUT2D eigenvalue weighted by molar-refractivity contribution is 5.74. The minimum absolute atomic E-state index is 0.577. The van der Waals surface area contributed by atoms with E-state index >= 15 is 0 Å². The number of nitrogens with one attached hydrogen (secondary N) is 2. The van der Waals surface area contributed by atoms with Gasteiger partial charge in [-0.15, -0.1) is 0 Å². The Morgan fingerprint density at radius 3 is 2.50 bits per heavy atom. The average Bonchev–Trinajstić information content (AvgIpc) is 2.58. The van der Waals surface area contributed by atoms with Crippen LogP contribution in [0, 0.1) is 18.3 Å². The molecule has 0 bridgehead atoms. The van der Waals surface area contributed by atoms with Crippen LogP contribution in [0.4, 0.5) is 5.69 Å². The molecular formula is C20H26N4. The van der Waals surface area contributed by atoms with Crippen molar-refractivity contribution in [1.29, 1.82) is 5.26 Å². The molecule has 4 nitrogen and oxygen atoms in total. The van der Waals surface area contributed by atoms with E-state index in [0.717, 1.165) is 40.3 Å². The van der Waals surface area contributed by atoms with Gasteiger partial charge in [-0.3, -0.25) is 0 Å². The fourth-order valence-electron chi connectivity index (χ4n) is 2.12. The lowest BCUT2D eigenvalue weighted by Crippen LogP contribution is -2.13. The Hall–Kier alpha value is -2.93. The molecule has 0 spiro atoms. The van der Waals surface area contributed by atoms with Crippen LogP contribution in [0.25, 0.3) is 5.70 Å². The summed E-state index contributed by atoms with van der Waals surface area (Å²) in [5.41, 5.74) is 5.82. The zero-order valence-electron chi connectivity index (χ0n) is 15.0. The lowest BCUT2D eigenvalue weighted by Gasteiger charge is -2.21. The standard InChI is InChI=1S/C20H26N4/c1-8-14(3)20(13-22-9-2)23-19-11-17(12-21)10-18(15(19)4)16(5)24(6)7/h8,10-11,13,22-23H,1,3,5,9H2,2,4,6-7H3. The number of allylic oxidation sites excluding steroid dienone is 1. The maximum Gasteiger partial charge on any atom is 0.0992 e. The van der Waals surface area contributed by atoms with Crippen molar-refractivity contribution in [2.24, 2.45) is 0 Å². The summed E-state index contributed by atoms with van der Waals surface area (Å²) in [4.78, 5) is 1.94. The number of anilines is 1. The van der Waals surface area contributed by atoms with Crippen LogP contribution in [0.2, 0.25) is 0 Å². The van der Waals surface area contributed by atoms with Gasteiger partial charge in [0.15, 0.2) is 0 Å².